The summed E-state index contributed by atoms with van der Waals surface area (Å²) in [5.74, 6) is 0. The Morgan fingerprint density at radius 1 is 1.44 bits per heavy atom. The third kappa shape index (κ3) is 2.43. The summed E-state index contributed by atoms with van der Waals surface area (Å²) in [5.41, 5.74) is 5.69. The van der Waals surface area contributed by atoms with Crippen molar-refractivity contribution in [3.05, 3.63) is 40.8 Å². The summed E-state index contributed by atoms with van der Waals surface area (Å²) in [4.78, 5) is 0. The van der Waals surface area contributed by atoms with Crippen molar-refractivity contribution >= 4 is 0 Å². The number of halogens is 1. The Hall–Kier alpha value is -1.31. The van der Waals surface area contributed by atoms with Crippen molar-refractivity contribution < 1.29 is 4.48 Å². The zero-order chi connectivity index (χ0) is 12.1. The van der Waals surface area contributed by atoms with Crippen LogP contribution in [-0.4, -0.2) is 23.8 Å². The Balaban J connectivity index is 0.000000606. The van der Waals surface area contributed by atoms with Gasteiger partial charge in [-0.2, -0.15) is 5.01 Å². The topological polar surface area (TPSA) is 6.48 Å². The fourth-order valence-electron chi connectivity index (χ4n) is 1.65. The number of hydrogen-bond donors (Lipinski definition) is 0. The van der Waals surface area contributed by atoms with Gasteiger partial charge in [0, 0.05) is 19.2 Å². The van der Waals surface area contributed by atoms with E-state index in [0.29, 0.717) is 17.5 Å². The van der Waals surface area contributed by atoms with Gasteiger partial charge in [0.2, 0.25) is 0 Å². The van der Waals surface area contributed by atoms with Gasteiger partial charge in [0.1, 0.15) is 5.70 Å². The first-order valence-corrected chi connectivity index (χ1v) is 5.76. The molecule has 16 heavy (non-hydrogen) atoms. The van der Waals surface area contributed by atoms with Crippen molar-refractivity contribution in [3.63, 3.8) is 0 Å². The van der Waals surface area contributed by atoms with E-state index in [1.165, 1.54) is 10.6 Å². The molecule has 0 aromatic carbocycles. The quantitative estimate of drug-likeness (QED) is 0.496. The first kappa shape index (κ1) is 12.8. The highest BCUT2D eigenvalue weighted by Crippen LogP contribution is 2.28. The summed E-state index contributed by atoms with van der Waals surface area (Å²) in [7, 11) is 1.72. The Kier molecular flexibility index (Phi) is 4.53. The van der Waals surface area contributed by atoms with Crippen molar-refractivity contribution in [2.24, 2.45) is 0 Å². The average molecular weight is 222 g/mol. The van der Waals surface area contributed by atoms with Crippen LogP contribution in [0.25, 0.3) is 0 Å². The van der Waals surface area contributed by atoms with Gasteiger partial charge in [-0.25, -0.2) is 0 Å². The van der Waals surface area contributed by atoms with Crippen LogP contribution < -0.4 is 0 Å². The molecular formula is C13H19FN2. The van der Waals surface area contributed by atoms with E-state index < -0.39 is 0 Å². The zero-order valence-corrected chi connectivity index (χ0v) is 10.4. The summed E-state index contributed by atoms with van der Waals surface area (Å²) in [5, 5.41) is 2.18. The van der Waals surface area contributed by atoms with Gasteiger partial charge in [-0.3, -0.25) is 0 Å². The highest BCUT2D eigenvalue weighted by Gasteiger charge is 2.27. The van der Waals surface area contributed by atoms with Crippen LogP contribution in [0.1, 0.15) is 27.2 Å². The van der Waals surface area contributed by atoms with Crippen LogP contribution in [0.5, 0.6) is 0 Å². The first-order valence-electron chi connectivity index (χ1n) is 5.76. The zero-order valence-electron chi connectivity index (χ0n) is 10.4. The van der Waals surface area contributed by atoms with Crippen LogP contribution in [0.3, 0.4) is 0 Å². The molecule has 0 aromatic heterocycles. The van der Waals surface area contributed by atoms with Gasteiger partial charge in [-0.05, 0) is 18.1 Å². The van der Waals surface area contributed by atoms with Crippen LogP contribution in [0.2, 0.25) is 0 Å². The molecule has 2 nitrogen and oxygen atoms in total. The largest absolute Gasteiger partial charge is 0.190 e. The molecule has 2 rings (SSSR count). The molecule has 3 heteroatoms. The van der Waals surface area contributed by atoms with Crippen LogP contribution in [0, 0.1) is 0 Å². The Bertz CT molecular complexity index is 373. The Morgan fingerprint density at radius 3 is 2.75 bits per heavy atom. The molecule has 2 aliphatic rings. The lowest BCUT2D eigenvalue weighted by Gasteiger charge is -2.12. The second-order valence-corrected chi connectivity index (χ2v) is 3.50. The molecule has 0 unspecified atom stereocenters. The fourth-order valence-corrected chi connectivity index (χ4v) is 1.65. The average Bonchev–Trinajstić information content (AvgIpc) is 2.50. The molecule has 0 N–H and O–H groups in total. The molecule has 1 heterocycles. The SMILES string of the molecule is CC.CCC1=CC=C=C2C(=C1)CN(C)N2F. The number of hydrazine groups is 1. The minimum absolute atomic E-state index is 0.534. The van der Waals surface area contributed by atoms with Crippen molar-refractivity contribution in [2.75, 3.05) is 13.6 Å². The smallest absolute Gasteiger partial charge is 0.134 e. The molecule has 1 aliphatic heterocycles. The van der Waals surface area contributed by atoms with Gasteiger partial charge in [0.25, 0.3) is 0 Å². The van der Waals surface area contributed by atoms with Gasteiger partial charge >= 0.3 is 0 Å². The summed E-state index contributed by atoms with van der Waals surface area (Å²) < 4.78 is 13.4. The molecule has 0 aromatic rings. The first-order chi connectivity index (χ1) is 7.72. The minimum atomic E-state index is 0.534. The van der Waals surface area contributed by atoms with E-state index in [0.717, 1.165) is 12.0 Å². The van der Waals surface area contributed by atoms with Crippen LogP contribution in [-0.2, 0) is 0 Å². The molecule has 0 spiro atoms. The fraction of sp³-hybridized carbons (Fsp3) is 0.462. The number of fused-ring (bicyclic) bond motifs is 1. The van der Waals surface area contributed by atoms with Crippen LogP contribution >= 0.6 is 0 Å². The van der Waals surface area contributed by atoms with Crippen LogP contribution in [0.4, 0.5) is 4.48 Å². The summed E-state index contributed by atoms with van der Waals surface area (Å²) in [6, 6.07) is 0. The maximum atomic E-state index is 13.4. The normalized spacial score (nSPS) is 19.1. The Labute approximate surface area is 96.9 Å². The predicted molar refractivity (Wildman–Crippen MR) is 65.0 cm³/mol. The number of hydrogen-bond acceptors (Lipinski definition) is 2. The van der Waals surface area contributed by atoms with E-state index in [1.807, 2.05) is 26.0 Å². The lowest BCUT2D eigenvalue weighted by Crippen LogP contribution is -2.23. The van der Waals surface area contributed by atoms with Crippen molar-refractivity contribution in [1.82, 2.24) is 10.2 Å². The highest BCUT2D eigenvalue weighted by molar-refractivity contribution is 5.42. The summed E-state index contributed by atoms with van der Waals surface area (Å²) >= 11 is 0. The molecule has 88 valence electrons. The van der Waals surface area contributed by atoms with Gasteiger partial charge in [-0.15, -0.1) is 5.23 Å². The van der Waals surface area contributed by atoms with Gasteiger partial charge in [0.15, 0.2) is 0 Å². The van der Waals surface area contributed by atoms with Gasteiger partial charge in [0.05, 0.1) is 0 Å². The molecule has 0 bridgehead atoms. The van der Waals surface area contributed by atoms with Gasteiger partial charge < -0.3 is 0 Å². The van der Waals surface area contributed by atoms with E-state index in [4.69, 9.17) is 0 Å². The number of allylic oxidation sites excluding steroid dienone is 3. The molecule has 1 fully saturated rings. The second-order valence-electron chi connectivity index (χ2n) is 3.50. The molecule has 0 radical (unpaired) electrons. The molecular weight excluding hydrogens is 203 g/mol. The number of likely N-dealkylation sites (N-methyl/N-ethyl adjacent to an activating group) is 1. The number of nitrogens with zero attached hydrogens (tertiary/aromatic N) is 2. The second kappa shape index (κ2) is 5.69. The van der Waals surface area contributed by atoms with Crippen molar-refractivity contribution in [3.8, 4) is 0 Å². The van der Waals surface area contributed by atoms with E-state index >= 15 is 0 Å². The van der Waals surface area contributed by atoms with E-state index in [-0.39, 0.29) is 0 Å². The minimum Gasteiger partial charge on any atom is -0.190 e. The van der Waals surface area contributed by atoms with Crippen molar-refractivity contribution in [2.45, 2.75) is 27.2 Å². The maximum Gasteiger partial charge on any atom is 0.134 e. The molecule has 0 amide bonds. The van der Waals surface area contributed by atoms with E-state index in [9.17, 15) is 4.48 Å². The monoisotopic (exact) mass is 222 g/mol. The standard InChI is InChI=1S/C11H13FN2.C2H6/c1-3-9-5-4-6-11-10(7-9)8-13(2)14(11)12;1-2/h4-5,7H,3,8H2,1-2H3;1-2H3. The maximum absolute atomic E-state index is 13.4. The lowest BCUT2D eigenvalue weighted by molar-refractivity contribution is -0.0933. The van der Waals surface area contributed by atoms with Gasteiger partial charge in [-0.1, -0.05) is 43.1 Å². The third-order valence-electron chi connectivity index (χ3n) is 2.47. The summed E-state index contributed by atoms with van der Waals surface area (Å²) in [6.07, 6.45) is 6.77. The molecule has 0 saturated carbocycles. The molecule has 0 atom stereocenters. The third-order valence-corrected chi connectivity index (χ3v) is 2.47. The van der Waals surface area contributed by atoms with E-state index in [1.54, 1.807) is 13.1 Å². The molecule has 1 aliphatic carbocycles. The Morgan fingerprint density at radius 2 is 2.12 bits per heavy atom. The molecule has 1 saturated heterocycles. The summed E-state index contributed by atoms with van der Waals surface area (Å²) in [6.45, 7) is 6.71. The van der Waals surface area contributed by atoms with E-state index in [2.05, 4.69) is 12.7 Å². The lowest BCUT2D eigenvalue weighted by atomic mass is 10.1. The number of rotatable bonds is 1. The highest BCUT2D eigenvalue weighted by atomic mass is 19.2. The van der Waals surface area contributed by atoms with Crippen molar-refractivity contribution in [1.29, 1.82) is 0 Å². The predicted octanol–water partition coefficient (Wildman–Crippen LogP) is 3.37. The van der Waals surface area contributed by atoms with Crippen LogP contribution in [0.15, 0.2) is 40.8 Å².